The maximum atomic E-state index is 12.1. The van der Waals surface area contributed by atoms with Crippen LogP contribution in [0.2, 0.25) is 5.02 Å². The number of anilines is 1. The van der Waals surface area contributed by atoms with Crippen molar-refractivity contribution in [2.45, 2.75) is 20.8 Å². The molecule has 0 bridgehead atoms. The zero-order chi connectivity index (χ0) is 18.7. The molecule has 0 aliphatic rings. The van der Waals surface area contributed by atoms with Crippen LogP contribution in [-0.2, 0) is 9.53 Å². The summed E-state index contributed by atoms with van der Waals surface area (Å²) in [4.78, 5) is 34.0. The molecule has 132 valence electrons. The number of nitrogens with zero attached hydrogens (tertiary/aromatic N) is 1. The second kappa shape index (κ2) is 7.35. The van der Waals surface area contributed by atoms with Crippen LogP contribution in [0.25, 0.3) is 0 Å². The number of ether oxygens (including phenoxy) is 1. The number of carbonyl (C=O) groups is 2. The summed E-state index contributed by atoms with van der Waals surface area (Å²) in [7, 11) is 0. The van der Waals surface area contributed by atoms with Gasteiger partial charge in [0.2, 0.25) is 0 Å². The van der Waals surface area contributed by atoms with E-state index >= 15 is 0 Å². The zero-order valence-electron chi connectivity index (χ0n) is 13.7. The van der Waals surface area contributed by atoms with Crippen LogP contribution < -0.4 is 5.32 Å². The normalized spacial score (nSPS) is 10.4. The van der Waals surface area contributed by atoms with Gasteiger partial charge < -0.3 is 14.5 Å². The quantitative estimate of drug-likeness (QED) is 0.492. The van der Waals surface area contributed by atoms with Gasteiger partial charge in [0.15, 0.2) is 6.61 Å². The molecule has 25 heavy (non-hydrogen) atoms. The number of hydrogen-bond donors (Lipinski definition) is 1. The Bertz CT molecular complexity index is 859. The molecule has 8 nitrogen and oxygen atoms in total. The molecule has 0 radical (unpaired) electrons. The van der Waals surface area contributed by atoms with Gasteiger partial charge in [-0.25, -0.2) is 4.79 Å². The summed E-state index contributed by atoms with van der Waals surface area (Å²) in [6.07, 6.45) is 0. The van der Waals surface area contributed by atoms with Gasteiger partial charge in [0.25, 0.3) is 11.6 Å². The van der Waals surface area contributed by atoms with E-state index in [-0.39, 0.29) is 16.4 Å². The molecular formula is C16H15ClN2O6. The molecule has 0 aliphatic heterocycles. The molecule has 0 unspecified atom stereocenters. The molecule has 0 saturated heterocycles. The van der Waals surface area contributed by atoms with Crippen molar-refractivity contribution >= 4 is 34.9 Å². The lowest BCUT2D eigenvalue weighted by Crippen LogP contribution is -2.21. The fraction of sp³-hybridized carbons (Fsp3) is 0.250. The monoisotopic (exact) mass is 366 g/mol. The van der Waals surface area contributed by atoms with Gasteiger partial charge >= 0.3 is 5.97 Å². The van der Waals surface area contributed by atoms with Gasteiger partial charge in [0, 0.05) is 17.7 Å². The molecular weight excluding hydrogens is 352 g/mol. The number of hydrogen-bond acceptors (Lipinski definition) is 6. The number of benzene rings is 1. The molecule has 1 amide bonds. The molecule has 0 saturated carbocycles. The fourth-order valence-electron chi connectivity index (χ4n) is 2.20. The summed E-state index contributed by atoms with van der Waals surface area (Å²) in [5.74, 6) is -0.276. The highest BCUT2D eigenvalue weighted by Gasteiger charge is 2.21. The maximum Gasteiger partial charge on any atom is 0.342 e. The van der Waals surface area contributed by atoms with Crippen LogP contribution in [0.3, 0.4) is 0 Å². The minimum atomic E-state index is -0.670. The van der Waals surface area contributed by atoms with Crippen molar-refractivity contribution in [3.05, 3.63) is 56.0 Å². The average molecular weight is 367 g/mol. The molecule has 1 heterocycles. The van der Waals surface area contributed by atoms with Crippen molar-refractivity contribution in [3.8, 4) is 0 Å². The molecule has 1 aromatic heterocycles. The first kappa shape index (κ1) is 18.5. The van der Waals surface area contributed by atoms with E-state index in [1.54, 1.807) is 20.8 Å². The van der Waals surface area contributed by atoms with E-state index in [2.05, 4.69) is 5.32 Å². The first-order valence-corrected chi connectivity index (χ1v) is 7.56. The Hall–Kier alpha value is -2.87. The molecule has 1 aromatic carbocycles. The number of esters is 1. The summed E-state index contributed by atoms with van der Waals surface area (Å²) in [5, 5.41) is 13.1. The number of nitro benzene ring substituents is 1. The number of amides is 1. The van der Waals surface area contributed by atoms with Gasteiger partial charge in [-0.05, 0) is 26.8 Å². The Balaban J connectivity index is 1.99. The molecule has 0 spiro atoms. The van der Waals surface area contributed by atoms with Crippen LogP contribution in [0.5, 0.6) is 0 Å². The number of carbonyl (C=O) groups excluding carboxylic acids is 2. The summed E-state index contributed by atoms with van der Waals surface area (Å²) in [6, 6.07) is 3.62. The van der Waals surface area contributed by atoms with E-state index in [4.69, 9.17) is 20.8 Å². The van der Waals surface area contributed by atoms with Gasteiger partial charge in [-0.1, -0.05) is 11.6 Å². The number of nitrogens with one attached hydrogen (secondary N) is 1. The third kappa shape index (κ3) is 4.16. The number of nitro groups is 1. The van der Waals surface area contributed by atoms with E-state index < -0.39 is 23.4 Å². The maximum absolute atomic E-state index is 12.1. The lowest BCUT2D eigenvalue weighted by Gasteiger charge is -2.08. The highest BCUT2D eigenvalue weighted by molar-refractivity contribution is 6.34. The van der Waals surface area contributed by atoms with E-state index in [1.807, 2.05) is 0 Å². The van der Waals surface area contributed by atoms with Crippen molar-refractivity contribution < 1.29 is 23.7 Å². The first-order valence-electron chi connectivity index (χ1n) is 7.18. The highest BCUT2D eigenvalue weighted by atomic mass is 35.5. The van der Waals surface area contributed by atoms with Crippen molar-refractivity contribution in [3.63, 3.8) is 0 Å². The van der Waals surface area contributed by atoms with Gasteiger partial charge in [0.05, 0.1) is 15.6 Å². The molecule has 2 aromatic rings. The molecule has 1 N–H and O–H groups in total. The summed E-state index contributed by atoms with van der Waals surface area (Å²) < 4.78 is 10.3. The zero-order valence-corrected chi connectivity index (χ0v) is 14.5. The van der Waals surface area contributed by atoms with E-state index in [0.717, 1.165) is 6.07 Å². The van der Waals surface area contributed by atoms with E-state index in [0.29, 0.717) is 22.6 Å². The lowest BCUT2D eigenvalue weighted by atomic mass is 10.1. The predicted octanol–water partition coefficient (Wildman–Crippen LogP) is 3.56. The molecule has 0 aliphatic carbocycles. The van der Waals surface area contributed by atoms with E-state index in [1.165, 1.54) is 12.1 Å². The standard InChI is InChI=1S/C16H15ClN2O6/c1-8-9(2)25-10(3)15(8)16(21)24-7-14(20)18-13-5-4-11(19(22)23)6-12(13)17/h4-6H,7H2,1-3H3,(H,18,20). The van der Waals surface area contributed by atoms with Gasteiger partial charge in [0.1, 0.15) is 17.1 Å². The average Bonchev–Trinajstić information content (AvgIpc) is 2.79. The second-order valence-electron chi connectivity index (χ2n) is 5.26. The van der Waals surface area contributed by atoms with Crippen LogP contribution in [0.15, 0.2) is 22.6 Å². The molecule has 9 heteroatoms. The van der Waals surface area contributed by atoms with Crippen LogP contribution in [0, 0.1) is 30.9 Å². The predicted molar refractivity (Wildman–Crippen MR) is 89.9 cm³/mol. The van der Waals surface area contributed by atoms with E-state index in [9.17, 15) is 19.7 Å². The third-order valence-electron chi connectivity index (χ3n) is 3.54. The van der Waals surface area contributed by atoms with Gasteiger partial charge in [-0.3, -0.25) is 14.9 Å². The first-order chi connectivity index (χ1) is 11.7. The smallest absolute Gasteiger partial charge is 0.342 e. The van der Waals surface area contributed by atoms with Crippen LogP contribution in [0.4, 0.5) is 11.4 Å². The molecule has 0 fully saturated rings. The second-order valence-corrected chi connectivity index (χ2v) is 5.67. The number of aryl methyl sites for hydroxylation is 2. The van der Waals surface area contributed by atoms with Crippen molar-refractivity contribution in [2.24, 2.45) is 0 Å². The fourth-order valence-corrected chi connectivity index (χ4v) is 2.42. The topological polar surface area (TPSA) is 112 Å². The lowest BCUT2D eigenvalue weighted by molar-refractivity contribution is -0.384. The SMILES string of the molecule is Cc1oc(C)c(C(=O)OCC(=O)Nc2ccc([N+](=O)[O-])cc2Cl)c1C. The number of halogens is 1. The number of rotatable bonds is 5. The van der Waals surface area contributed by atoms with Crippen LogP contribution >= 0.6 is 11.6 Å². The number of furan rings is 1. The van der Waals surface area contributed by atoms with Crippen molar-refractivity contribution in [1.29, 1.82) is 0 Å². The van der Waals surface area contributed by atoms with Crippen molar-refractivity contribution in [2.75, 3.05) is 11.9 Å². The van der Waals surface area contributed by atoms with Crippen LogP contribution in [-0.4, -0.2) is 23.4 Å². The van der Waals surface area contributed by atoms with Gasteiger partial charge in [-0.2, -0.15) is 0 Å². The molecule has 0 atom stereocenters. The van der Waals surface area contributed by atoms with Crippen molar-refractivity contribution in [1.82, 2.24) is 0 Å². The highest BCUT2D eigenvalue weighted by Crippen LogP contribution is 2.26. The third-order valence-corrected chi connectivity index (χ3v) is 3.85. The van der Waals surface area contributed by atoms with Crippen LogP contribution in [0.1, 0.15) is 27.4 Å². The largest absolute Gasteiger partial charge is 0.465 e. The minimum absolute atomic E-state index is 0.00558. The Morgan fingerprint density at radius 3 is 2.48 bits per heavy atom. The summed E-state index contributed by atoms with van der Waals surface area (Å²) in [5.41, 5.74) is 0.926. The van der Waals surface area contributed by atoms with Gasteiger partial charge in [-0.15, -0.1) is 0 Å². The Morgan fingerprint density at radius 1 is 1.28 bits per heavy atom. The summed E-state index contributed by atoms with van der Waals surface area (Å²) >= 11 is 5.88. The molecule has 2 rings (SSSR count). The Morgan fingerprint density at radius 2 is 1.96 bits per heavy atom. The Kier molecular flexibility index (Phi) is 5.43. The minimum Gasteiger partial charge on any atom is -0.465 e. The summed E-state index contributed by atoms with van der Waals surface area (Å²) in [6.45, 7) is 4.55. The Labute approximate surface area is 147 Å². The number of non-ortho nitro benzene ring substituents is 1.